The predicted molar refractivity (Wildman–Crippen MR) is 130 cm³/mol. The van der Waals surface area contributed by atoms with Gasteiger partial charge < -0.3 is 19.7 Å². The summed E-state index contributed by atoms with van der Waals surface area (Å²) >= 11 is 0. The Morgan fingerprint density at radius 1 is 0.971 bits per heavy atom. The zero-order valence-electron chi connectivity index (χ0n) is 19.8. The Hall–Kier alpha value is -3.06. The van der Waals surface area contributed by atoms with Gasteiger partial charge >= 0.3 is 0 Å². The molecule has 2 aromatic carbocycles. The summed E-state index contributed by atoms with van der Waals surface area (Å²) in [5.41, 5.74) is 2.69. The number of nitrogens with one attached hydrogen (secondary N) is 1. The van der Waals surface area contributed by atoms with Crippen LogP contribution in [0.25, 0.3) is 0 Å². The van der Waals surface area contributed by atoms with Crippen molar-refractivity contribution in [2.45, 2.75) is 45.1 Å². The van der Waals surface area contributed by atoms with Gasteiger partial charge in [0.15, 0.2) is 11.5 Å². The first-order chi connectivity index (χ1) is 16.6. The highest BCUT2D eigenvalue weighted by atomic mass is 16.7. The molecule has 0 aromatic heterocycles. The summed E-state index contributed by atoms with van der Waals surface area (Å²) in [6.45, 7) is 5.00. The minimum Gasteiger partial charge on any atom is -0.454 e. The maximum atomic E-state index is 13.5. The van der Waals surface area contributed by atoms with E-state index in [0.29, 0.717) is 43.6 Å². The van der Waals surface area contributed by atoms with Crippen molar-refractivity contribution < 1.29 is 19.1 Å². The molecule has 2 aromatic rings. The van der Waals surface area contributed by atoms with E-state index in [0.717, 1.165) is 30.5 Å². The number of carbonyl (C=O) groups is 2. The molecule has 3 aliphatic rings. The minimum absolute atomic E-state index is 0.0284. The molecule has 0 spiro atoms. The fraction of sp³-hybridized carbons (Fsp3) is 0.481. The maximum absolute atomic E-state index is 13.5. The minimum atomic E-state index is -0.186. The molecule has 1 saturated carbocycles. The molecule has 5 rings (SSSR count). The number of hydrogen-bond donors (Lipinski definition) is 1. The molecule has 2 heterocycles. The number of nitrogens with zero attached hydrogens (tertiary/aromatic N) is 2. The number of fused-ring (bicyclic) bond motifs is 1. The summed E-state index contributed by atoms with van der Waals surface area (Å²) in [7, 11) is 0. The molecule has 2 fully saturated rings. The molecular weight excluding hydrogens is 430 g/mol. The molecule has 0 unspecified atom stereocenters. The molecule has 0 bridgehead atoms. The van der Waals surface area contributed by atoms with Gasteiger partial charge in [0, 0.05) is 43.5 Å². The lowest BCUT2D eigenvalue weighted by molar-refractivity contribution is -0.123. The lowest BCUT2D eigenvalue weighted by Crippen LogP contribution is -2.56. The summed E-state index contributed by atoms with van der Waals surface area (Å²) < 4.78 is 10.8. The van der Waals surface area contributed by atoms with Crippen molar-refractivity contribution in [3.05, 3.63) is 53.6 Å². The summed E-state index contributed by atoms with van der Waals surface area (Å²) in [6, 6.07) is 13.2. The van der Waals surface area contributed by atoms with Gasteiger partial charge in [-0.1, -0.05) is 31.9 Å². The molecule has 2 amide bonds. The van der Waals surface area contributed by atoms with Crippen LogP contribution in [0.3, 0.4) is 0 Å². The van der Waals surface area contributed by atoms with Crippen molar-refractivity contribution in [1.82, 2.24) is 9.80 Å². The summed E-state index contributed by atoms with van der Waals surface area (Å²) in [4.78, 5) is 30.7. The first-order valence-corrected chi connectivity index (χ1v) is 12.4. The van der Waals surface area contributed by atoms with E-state index >= 15 is 0 Å². The number of ether oxygens (including phenoxy) is 2. The van der Waals surface area contributed by atoms with E-state index in [4.69, 9.17) is 9.47 Å². The van der Waals surface area contributed by atoms with Gasteiger partial charge in [0.25, 0.3) is 5.91 Å². The van der Waals surface area contributed by atoms with Gasteiger partial charge in [0.05, 0.1) is 6.04 Å². The molecule has 34 heavy (non-hydrogen) atoms. The van der Waals surface area contributed by atoms with Gasteiger partial charge in [-0.2, -0.15) is 0 Å². The number of carbonyl (C=O) groups excluding carboxylic acids is 2. The topological polar surface area (TPSA) is 71.1 Å². The van der Waals surface area contributed by atoms with Crippen LogP contribution < -0.4 is 14.8 Å². The van der Waals surface area contributed by atoms with Crippen LogP contribution in [0, 0.1) is 5.92 Å². The van der Waals surface area contributed by atoms with Gasteiger partial charge in [-0.15, -0.1) is 0 Å². The van der Waals surface area contributed by atoms with E-state index in [9.17, 15) is 9.59 Å². The quantitative estimate of drug-likeness (QED) is 0.703. The van der Waals surface area contributed by atoms with Gasteiger partial charge in [-0.25, -0.2) is 0 Å². The van der Waals surface area contributed by atoms with Crippen molar-refractivity contribution in [1.29, 1.82) is 0 Å². The SMILES string of the molecule is CCc1ccc(C(=O)N2CCN([C@@H](C(=O)Nc3ccc4c(c3)OCO4)C3CCCC3)CC2)cc1. The lowest BCUT2D eigenvalue weighted by Gasteiger charge is -2.40. The summed E-state index contributed by atoms with van der Waals surface area (Å²) in [5.74, 6) is 1.81. The Bertz CT molecular complexity index is 1020. The molecule has 0 radical (unpaired) electrons. The second-order valence-corrected chi connectivity index (χ2v) is 9.43. The van der Waals surface area contributed by atoms with Gasteiger partial charge in [0.2, 0.25) is 12.7 Å². The second-order valence-electron chi connectivity index (χ2n) is 9.43. The van der Waals surface area contributed by atoms with Crippen LogP contribution in [-0.2, 0) is 11.2 Å². The standard InChI is InChI=1S/C27H33N3O4/c1-2-19-7-9-21(10-8-19)27(32)30-15-13-29(14-16-30)25(20-5-3-4-6-20)26(31)28-22-11-12-23-24(17-22)34-18-33-23/h7-12,17,20,25H,2-6,13-16,18H2,1H3,(H,28,31)/t25-/m1/s1. The lowest BCUT2D eigenvalue weighted by atomic mass is 9.94. The number of hydrogen-bond acceptors (Lipinski definition) is 5. The van der Waals surface area contributed by atoms with Crippen LogP contribution in [0.15, 0.2) is 42.5 Å². The second kappa shape index (κ2) is 10.1. The van der Waals surface area contributed by atoms with Crippen molar-refractivity contribution in [2.75, 3.05) is 38.3 Å². The fourth-order valence-corrected chi connectivity index (χ4v) is 5.41. The average Bonchev–Trinajstić information content (AvgIpc) is 3.56. The molecule has 180 valence electrons. The van der Waals surface area contributed by atoms with E-state index < -0.39 is 0 Å². The highest BCUT2D eigenvalue weighted by molar-refractivity contribution is 5.96. The van der Waals surface area contributed by atoms with Gasteiger partial charge in [0.1, 0.15) is 0 Å². The number of anilines is 1. The zero-order chi connectivity index (χ0) is 23.5. The van der Waals surface area contributed by atoms with Crippen LogP contribution in [0.5, 0.6) is 11.5 Å². The monoisotopic (exact) mass is 463 g/mol. The fourth-order valence-electron chi connectivity index (χ4n) is 5.41. The third-order valence-electron chi connectivity index (χ3n) is 7.36. The highest BCUT2D eigenvalue weighted by Gasteiger charge is 2.37. The molecule has 7 heteroatoms. The van der Waals surface area contributed by atoms with E-state index in [-0.39, 0.29) is 24.6 Å². The smallest absolute Gasteiger partial charge is 0.253 e. The van der Waals surface area contributed by atoms with Crippen LogP contribution in [0.2, 0.25) is 0 Å². The Kier molecular flexibility index (Phi) is 6.72. The summed E-state index contributed by atoms with van der Waals surface area (Å²) in [6.07, 6.45) is 5.45. The number of amides is 2. The zero-order valence-corrected chi connectivity index (χ0v) is 19.8. The van der Waals surface area contributed by atoms with Crippen molar-refractivity contribution >= 4 is 17.5 Å². The molecular formula is C27H33N3O4. The first-order valence-electron chi connectivity index (χ1n) is 12.4. The van der Waals surface area contributed by atoms with Crippen molar-refractivity contribution in [2.24, 2.45) is 5.92 Å². The van der Waals surface area contributed by atoms with Crippen molar-refractivity contribution in [3.8, 4) is 11.5 Å². The normalized spacial score (nSPS) is 19.3. The molecule has 1 atom stereocenters. The Balaban J connectivity index is 1.24. The van der Waals surface area contributed by atoms with E-state index in [1.54, 1.807) is 0 Å². The van der Waals surface area contributed by atoms with Gasteiger partial charge in [-0.05, 0) is 55.0 Å². The van der Waals surface area contributed by atoms with E-state index in [2.05, 4.69) is 17.1 Å². The molecule has 1 aliphatic carbocycles. The van der Waals surface area contributed by atoms with Crippen LogP contribution in [0.4, 0.5) is 5.69 Å². The first kappa shape index (κ1) is 22.7. The molecule has 7 nitrogen and oxygen atoms in total. The van der Waals surface area contributed by atoms with Crippen LogP contribution in [-0.4, -0.2) is 60.6 Å². The molecule has 1 N–H and O–H groups in total. The van der Waals surface area contributed by atoms with Crippen LogP contribution in [0.1, 0.15) is 48.5 Å². The van der Waals surface area contributed by atoms with E-state index in [1.807, 2.05) is 47.4 Å². The number of rotatable bonds is 6. The number of piperazine rings is 1. The molecule has 2 aliphatic heterocycles. The van der Waals surface area contributed by atoms with E-state index in [1.165, 1.54) is 18.4 Å². The largest absolute Gasteiger partial charge is 0.454 e. The third-order valence-corrected chi connectivity index (χ3v) is 7.36. The Labute approximate surface area is 201 Å². The number of aryl methyl sites for hydroxylation is 1. The Morgan fingerprint density at radius 2 is 1.68 bits per heavy atom. The summed E-state index contributed by atoms with van der Waals surface area (Å²) in [5, 5.41) is 3.12. The van der Waals surface area contributed by atoms with Gasteiger partial charge in [-0.3, -0.25) is 14.5 Å². The van der Waals surface area contributed by atoms with Crippen molar-refractivity contribution in [3.63, 3.8) is 0 Å². The third kappa shape index (κ3) is 4.75. The van der Waals surface area contributed by atoms with Crippen LogP contribution >= 0.6 is 0 Å². The Morgan fingerprint density at radius 3 is 2.38 bits per heavy atom. The average molecular weight is 464 g/mol. The highest BCUT2D eigenvalue weighted by Crippen LogP contribution is 2.35. The number of benzene rings is 2. The predicted octanol–water partition coefficient (Wildman–Crippen LogP) is 3.93. The maximum Gasteiger partial charge on any atom is 0.253 e. The molecule has 1 saturated heterocycles.